The van der Waals surface area contributed by atoms with Crippen LogP contribution in [0.25, 0.3) is 0 Å². The second kappa shape index (κ2) is 8.12. The average molecular weight is 213 g/mol. The van der Waals surface area contributed by atoms with Crippen molar-refractivity contribution < 1.29 is 4.74 Å². The number of hydrogen-bond acceptors (Lipinski definition) is 2. The molecule has 15 heavy (non-hydrogen) atoms. The molecule has 90 valence electrons. The highest BCUT2D eigenvalue weighted by Gasteiger charge is 2.15. The van der Waals surface area contributed by atoms with Gasteiger partial charge in [-0.2, -0.15) is 0 Å². The summed E-state index contributed by atoms with van der Waals surface area (Å²) >= 11 is 0. The van der Waals surface area contributed by atoms with Crippen molar-refractivity contribution in [2.24, 2.45) is 0 Å². The van der Waals surface area contributed by atoms with E-state index in [1.807, 2.05) is 0 Å². The smallest absolute Gasteiger partial charge is 0.0576 e. The molecule has 1 rings (SSSR count). The van der Waals surface area contributed by atoms with Crippen molar-refractivity contribution in [3.05, 3.63) is 0 Å². The molecule has 2 unspecified atom stereocenters. The lowest BCUT2D eigenvalue weighted by Gasteiger charge is -2.16. The van der Waals surface area contributed by atoms with Crippen molar-refractivity contribution in [2.45, 2.75) is 70.4 Å². The topological polar surface area (TPSA) is 21.3 Å². The van der Waals surface area contributed by atoms with Crippen molar-refractivity contribution in [3.8, 4) is 0 Å². The van der Waals surface area contributed by atoms with Gasteiger partial charge in [0.2, 0.25) is 0 Å². The van der Waals surface area contributed by atoms with Gasteiger partial charge in [-0.25, -0.2) is 0 Å². The summed E-state index contributed by atoms with van der Waals surface area (Å²) < 4.78 is 5.63. The molecule has 1 saturated heterocycles. The molecule has 0 aliphatic carbocycles. The van der Waals surface area contributed by atoms with Crippen LogP contribution in [0.5, 0.6) is 0 Å². The van der Waals surface area contributed by atoms with E-state index >= 15 is 0 Å². The molecular formula is C13H27NO. The molecule has 2 nitrogen and oxygen atoms in total. The van der Waals surface area contributed by atoms with Gasteiger partial charge in [-0.1, -0.05) is 19.8 Å². The van der Waals surface area contributed by atoms with E-state index in [-0.39, 0.29) is 0 Å². The van der Waals surface area contributed by atoms with Gasteiger partial charge in [0, 0.05) is 12.6 Å². The summed E-state index contributed by atoms with van der Waals surface area (Å²) in [4.78, 5) is 0. The van der Waals surface area contributed by atoms with Crippen LogP contribution in [0.1, 0.15) is 58.3 Å². The number of nitrogens with one attached hydrogen (secondary N) is 1. The standard InChI is InChI=1S/C13H27NO/c1-3-4-7-12(14-2)8-5-9-13-10-6-11-15-13/h12-14H,3-11H2,1-2H3. The van der Waals surface area contributed by atoms with E-state index in [0.29, 0.717) is 6.10 Å². The molecule has 0 aromatic rings. The largest absolute Gasteiger partial charge is 0.378 e. The Balaban J connectivity index is 2.00. The lowest BCUT2D eigenvalue weighted by atomic mass is 10.0. The monoisotopic (exact) mass is 213 g/mol. The van der Waals surface area contributed by atoms with Gasteiger partial charge < -0.3 is 10.1 Å². The van der Waals surface area contributed by atoms with Crippen LogP contribution in [-0.4, -0.2) is 25.8 Å². The molecule has 0 aromatic carbocycles. The number of rotatable bonds is 8. The van der Waals surface area contributed by atoms with Crippen LogP contribution < -0.4 is 5.32 Å². The van der Waals surface area contributed by atoms with Crippen LogP contribution in [0.15, 0.2) is 0 Å². The highest BCUT2D eigenvalue weighted by Crippen LogP contribution is 2.18. The Morgan fingerprint density at radius 3 is 2.73 bits per heavy atom. The molecule has 0 bridgehead atoms. The van der Waals surface area contributed by atoms with E-state index in [1.54, 1.807) is 0 Å². The van der Waals surface area contributed by atoms with Gasteiger partial charge in [-0.15, -0.1) is 0 Å². The molecule has 1 N–H and O–H groups in total. The average Bonchev–Trinajstić information content (AvgIpc) is 2.76. The Morgan fingerprint density at radius 2 is 2.13 bits per heavy atom. The zero-order chi connectivity index (χ0) is 10.9. The van der Waals surface area contributed by atoms with Crippen LogP contribution in [0.4, 0.5) is 0 Å². The normalized spacial score (nSPS) is 23.2. The molecule has 1 heterocycles. The first kappa shape index (κ1) is 13.0. The highest BCUT2D eigenvalue weighted by atomic mass is 16.5. The quantitative estimate of drug-likeness (QED) is 0.669. The first-order chi connectivity index (χ1) is 7.36. The maximum Gasteiger partial charge on any atom is 0.0576 e. The molecule has 0 spiro atoms. The van der Waals surface area contributed by atoms with E-state index < -0.39 is 0 Å². The van der Waals surface area contributed by atoms with E-state index in [1.165, 1.54) is 51.4 Å². The van der Waals surface area contributed by atoms with Crippen molar-refractivity contribution >= 4 is 0 Å². The second-order valence-electron chi connectivity index (χ2n) is 4.69. The molecule has 0 aromatic heterocycles. The maximum atomic E-state index is 5.63. The zero-order valence-electron chi connectivity index (χ0n) is 10.4. The van der Waals surface area contributed by atoms with Crippen LogP contribution in [0.3, 0.4) is 0 Å². The van der Waals surface area contributed by atoms with Crippen molar-refractivity contribution in [3.63, 3.8) is 0 Å². The summed E-state index contributed by atoms with van der Waals surface area (Å²) in [6, 6.07) is 0.728. The van der Waals surface area contributed by atoms with E-state index in [2.05, 4.69) is 19.3 Å². The summed E-state index contributed by atoms with van der Waals surface area (Å²) in [5, 5.41) is 3.42. The number of ether oxygens (including phenoxy) is 1. The van der Waals surface area contributed by atoms with Gasteiger partial charge in [0.1, 0.15) is 0 Å². The third-order valence-corrected chi connectivity index (χ3v) is 3.42. The number of hydrogen-bond donors (Lipinski definition) is 1. The van der Waals surface area contributed by atoms with Gasteiger partial charge in [0.15, 0.2) is 0 Å². The first-order valence-corrected chi connectivity index (χ1v) is 6.65. The third kappa shape index (κ3) is 5.53. The Hall–Kier alpha value is -0.0800. The summed E-state index contributed by atoms with van der Waals surface area (Å²) in [7, 11) is 2.09. The third-order valence-electron chi connectivity index (χ3n) is 3.42. The van der Waals surface area contributed by atoms with Gasteiger partial charge in [-0.05, 0) is 45.6 Å². The molecule has 0 saturated carbocycles. The van der Waals surface area contributed by atoms with Crippen LogP contribution in [0, 0.1) is 0 Å². The minimum atomic E-state index is 0.577. The predicted octanol–water partition coefficient (Wildman–Crippen LogP) is 3.11. The van der Waals surface area contributed by atoms with Crippen molar-refractivity contribution in [2.75, 3.05) is 13.7 Å². The van der Waals surface area contributed by atoms with E-state index in [4.69, 9.17) is 4.74 Å². The molecule has 0 amide bonds. The minimum Gasteiger partial charge on any atom is -0.378 e. The lowest BCUT2D eigenvalue weighted by Crippen LogP contribution is -2.25. The Kier molecular flexibility index (Phi) is 7.03. The molecule has 1 aliphatic rings. The summed E-state index contributed by atoms with van der Waals surface area (Å²) in [5.41, 5.74) is 0. The molecule has 1 aliphatic heterocycles. The van der Waals surface area contributed by atoms with E-state index in [0.717, 1.165) is 12.6 Å². The fourth-order valence-electron chi connectivity index (χ4n) is 2.35. The summed E-state index contributed by atoms with van der Waals surface area (Å²) in [5.74, 6) is 0. The Morgan fingerprint density at radius 1 is 1.33 bits per heavy atom. The predicted molar refractivity (Wildman–Crippen MR) is 65.2 cm³/mol. The number of unbranched alkanes of at least 4 members (excludes halogenated alkanes) is 1. The molecular weight excluding hydrogens is 186 g/mol. The second-order valence-corrected chi connectivity index (χ2v) is 4.69. The maximum absolute atomic E-state index is 5.63. The van der Waals surface area contributed by atoms with Crippen LogP contribution in [0.2, 0.25) is 0 Å². The van der Waals surface area contributed by atoms with Gasteiger partial charge >= 0.3 is 0 Å². The van der Waals surface area contributed by atoms with Gasteiger partial charge in [-0.3, -0.25) is 0 Å². The zero-order valence-corrected chi connectivity index (χ0v) is 10.4. The van der Waals surface area contributed by atoms with Crippen LogP contribution in [-0.2, 0) is 4.74 Å². The summed E-state index contributed by atoms with van der Waals surface area (Å²) in [6.07, 6.45) is 11.0. The lowest BCUT2D eigenvalue weighted by molar-refractivity contribution is 0.101. The van der Waals surface area contributed by atoms with Gasteiger partial charge in [0.05, 0.1) is 6.10 Å². The minimum absolute atomic E-state index is 0.577. The van der Waals surface area contributed by atoms with Crippen LogP contribution >= 0.6 is 0 Å². The molecule has 0 radical (unpaired) electrons. The Bertz CT molecular complexity index is 143. The fourth-order valence-corrected chi connectivity index (χ4v) is 2.35. The summed E-state index contributed by atoms with van der Waals surface area (Å²) in [6.45, 7) is 3.26. The van der Waals surface area contributed by atoms with E-state index in [9.17, 15) is 0 Å². The van der Waals surface area contributed by atoms with Crippen molar-refractivity contribution in [1.29, 1.82) is 0 Å². The van der Waals surface area contributed by atoms with Gasteiger partial charge in [0.25, 0.3) is 0 Å². The Labute approximate surface area is 94.8 Å². The SMILES string of the molecule is CCCCC(CCCC1CCCO1)NC. The molecule has 2 heteroatoms. The molecule has 1 fully saturated rings. The van der Waals surface area contributed by atoms with Crippen molar-refractivity contribution in [1.82, 2.24) is 5.32 Å². The molecule has 2 atom stereocenters. The first-order valence-electron chi connectivity index (χ1n) is 6.65. The highest BCUT2D eigenvalue weighted by molar-refractivity contribution is 4.69. The fraction of sp³-hybridized carbons (Fsp3) is 1.00.